The molecule has 21 heavy (non-hydrogen) atoms. The Kier molecular flexibility index (Phi) is 5.33. The van der Waals surface area contributed by atoms with Gasteiger partial charge in [0.15, 0.2) is 0 Å². The van der Waals surface area contributed by atoms with E-state index >= 15 is 0 Å². The first kappa shape index (κ1) is 15.9. The third-order valence-corrected chi connectivity index (χ3v) is 3.80. The van der Waals surface area contributed by atoms with Crippen LogP contribution in [-0.2, 0) is 6.42 Å². The van der Waals surface area contributed by atoms with Crippen LogP contribution in [0.1, 0.15) is 25.3 Å². The molecule has 118 valence electrons. The van der Waals surface area contributed by atoms with Gasteiger partial charge in [-0.3, -0.25) is 0 Å². The van der Waals surface area contributed by atoms with E-state index in [1.165, 1.54) is 6.33 Å². The quantitative estimate of drug-likeness (QED) is 0.510. The molecule has 0 saturated carbocycles. The van der Waals surface area contributed by atoms with E-state index in [0.29, 0.717) is 12.4 Å². The van der Waals surface area contributed by atoms with Crippen molar-refractivity contribution in [3.8, 4) is 0 Å². The van der Waals surface area contributed by atoms with Crippen molar-refractivity contribution in [3.63, 3.8) is 0 Å². The van der Waals surface area contributed by atoms with Crippen molar-refractivity contribution >= 4 is 11.6 Å². The second kappa shape index (κ2) is 7.02. The molecule has 1 aliphatic rings. The van der Waals surface area contributed by atoms with Gasteiger partial charge in [0.1, 0.15) is 18.0 Å². The molecule has 7 nitrogen and oxygen atoms in total. The monoisotopic (exact) mass is 294 g/mol. The van der Waals surface area contributed by atoms with Crippen LogP contribution in [0.25, 0.3) is 0 Å². The fourth-order valence-electron chi connectivity index (χ4n) is 3.00. The minimum atomic E-state index is -0.311. The summed E-state index contributed by atoms with van der Waals surface area (Å²) in [7, 11) is 4.09. The van der Waals surface area contributed by atoms with Crippen LogP contribution >= 0.6 is 0 Å². The van der Waals surface area contributed by atoms with Gasteiger partial charge in [-0.15, -0.1) is 0 Å². The maximum atomic E-state index is 10.0. The minimum absolute atomic E-state index is 0.256. The van der Waals surface area contributed by atoms with Crippen LogP contribution in [0.2, 0.25) is 0 Å². The molecular formula is C14H26N6O. The largest absolute Gasteiger partial charge is 0.391 e. The summed E-state index contributed by atoms with van der Waals surface area (Å²) in [5.74, 6) is 7.14. The molecule has 2 heterocycles. The molecule has 4 N–H and O–H groups in total. The lowest BCUT2D eigenvalue weighted by molar-refractivity contribution is 0.191. The lowest BCUT2D eigenvalue weighted by Crippen LogP contribution is -2.38. The van der Waals surface area contributed by atoms with E-state index in [1.54, 1.807) is 0 Å². The zero-order chi connectivity index (χ0) is 15.4. The molecule has 1 aromatic rings. The Morgan fingerprint density at radius 1 is 1.48 bits per heavy atom. The number of rotatable bonds is 6. The molecule has 0 bridgehead atoms. The van der Waals surface area contributed by atoms with Gasteiger partial charge in [-0.1, -0.05) is 13.3 Å². The second-order valence-corrected chi connectivity index (χ2v) is 5.88. The minimum Gasteiger partial charge on any atom is -0.391 e. The number of aliphatic hydroxyl groups is 1. The van der Waals surface area contributed by atoms with E-state index in [1.807, 2.05) is 14.1 Å². The number of nitrogen functional groups attached to an aromatic ring is 1. The highest BCUT2D eigenvalue weighted by molar-refractivity contribution is 5.59. The van der Waals surface area contributed by atoms with Crippen molar-refractivity contribution in [1.82, 2.24) is 14.9 Å². The molecule has 7 heteroatoms. The Balaban J connectivity index is 2.34. The Labute approximate surface area is 126 Å². The first-order valence-corrected chi connectivity index (χ1v) is 7.46. The van der Waals surface area contributed by atoms with Crippen LogP contribution in [0.5, 0.6) is 0 Å². The molecule has 0 radical (unpaired) electrons. The number of nitrogens with one attached hydrogen (secondary N) is 1. The number of hydrazine groups is 1. The zero-order valence-electron chi connectivity index (χ0n) is 13.1. The van der Waals surface area contributed by atoms with Gasteiger partial charge in [0, 0.05) is 24.7 Å². The summed E-state index contributed by atoms with van der Waals surface area (Å²) in [5, 5.41) is 10.0. The van der Waals surface area contributed by atoms with Crippen molar-refractivity contribution in [3.05, 3.63) is 11.9 Å². The SMILES string of the molecule is CCCc1c(NN)ncnc1N1CC(O)CC1CN(C)C. The molecule has 0 amide bonds. The predicted molar refractivity (Wildman–Crippen MR) is 84.1 cm³/mol. The van der Waals surface area contributed by atoms with E-state index in [0.717, 1.165) is 37.2 Å². The fraction of sp³-hybridized carbons (Fsp3) is 0.714. The molecule has 1 saturated heterocycles. The van der Waals surface area contributed by atoms with Gasteiger partial charge in [-0.25, -0.2) is 15.8 Å². The van der Waals surface area contributed by atoms with Gasteiger partial charge < -0.3 is 20.3 Å². The van der Waals surface area contributed by atoms with Crippen molar-refractivity contribution < 1.29 is 5.11 Å². The number of hydrogen-bond donors (Lipinski definition) is 3. The molecule has 2 unspecified atom stereocenters. The topological polar surface area (TPSA) is 90.5 Å². The number of aliphatic hydroxyl groups excluding tert-OH is 1. The number of nitrogens with two attached hydrogens (primary N) is 1. The maximum absolute atomic E-state index is 10.0. The Morgan fingerprint density at radius 2 is 2.24 bits per heavy atom. The average molecular weight is 294 g/mol. The first-order valence-electron chi connectivity index (χ1n) is 7.46. The normalized spacial score (nSPS) is 22.1. The number of nitrogens with zero attached hydrogens (tertiary/aromatic N) is 4. The van der Waals surface area contributed by atoms with Crippen LogP contribution < -0.4 is 16.2 Å². The van der Waals surface area contributed by atoms with Gasteiger partial charge in [0.25, 0.3) is 0 Å². The predicted octanol–water partition coefficient (Wildman–Crippen LogP) is 0.216. The standard InChI is InChI=1S/C14H26N6O/c1-4-5-12-13(18-15)16-9-17-14(12)20-8-11(21)6-10(20)7-19(2)3/h9-11,21H,4-8,15H2,1-3H3,(H,16,17,18). The number of likely N-dealkylation sites (N-methyl/N-ethyl adjacent to an activating group) is 1. The Bertz CT molecular complexity index is 467. The third kappa shape index (κ3) is 3.61. The summed E-state index contributed by atoms with van der Waals surface area (Å²) < 4.78 is 0. The van der Waals surface area contributed by atoms with Crippen molar-refractivity contribution in [1.29, 1.82) is 0 Å². The highest BCUT2D eigenvalue weighted by atomic mass is 16.3. The zero-order valence-corrected chi connectivity index (χ0v) is 13.1. The van der Waals surface area contributed by atoms with Crippen LogP contribution in [0.3, 0.4) is 0 Å². The molecule has 2 rings (SSSR count). The Morgan fingerprint density at radius 3 is 2.86 bits per heavy atom. The summed E-state index contributed by atoms with van der Waals surface area (Å²) in [4.78, 5) is 13.0. The molecule has 0 aliphatic carbocycles. The van der Waals surface area contributed by atoms with Crippen LogP contribution in [-0.4, -0.2) is 59.3 Å². The highest BCUT2D eigenvalue weighted by Gasteiger charge is 2.33. The molecule has 1 fully saturated rings. The smallest absolute Gasteiger partial charge is 0.148 e. The van der Waals surface area contributed by atoms with Gasteiger partial charge in [0.05, 0.1) is 6.10 Å². The Hall–Kier alpha value is -1.44. The second-order valence-electron chi connectivity index (χ2n) is 5.88. The van der Waals surface area contributed by atoms with E-state index in [-0.39, 0.29) is 12.1 Å². The van der Waals surface area contributed by atoms with Crippen LogP contribution in [0.15, 0.2) is 6.33 Å². The van der Waals surface area contributed by atoms with Crippen molar-refractivity contribution in [2.45, 2.75) is 38.3 Å². The molecule has 1 aromatic heterocycles. The van der Waals surface area contributed by atoms with E-state index < -0.39 is 0 Å². The lowest BCUT2D eigenvalue weighted by atomic mass is 10.1. The fourth-order valence-corrected chi connectivity index (χ4v) is 3.00. The molecule has 2 atom stereocenters. The molecular weight excluding hydrogens is 268 g/mol. The van der Waals surface area contributed by atoms with Gasteiger partial charge in [0.2, 0.25) is 0 Å². The number of aromatic nitrogens is 2. The molecule has 0 aromatic carbocycles. The summed E-state index contributed by atoms with van der Waals surface area (Å²) in [6, 6.07) is 0.256. The van der Waals surface area contributed by atoms with Crippen LogP contribution in [0.4, 0.5) is 11.6 Å². The van der Waals surface area contributed by atoms with Crippen LogP contribution in [0, 0.1) is 0 Å². The molecule has 1 aliphatic heterocycles. The highest BCUT2D eigenvalue weighted by Crippen LogP contribution is 2.30. The third-order valence-electron chi connectivity index (χ3n) is 3.80. The number of hydrogen-bond acceptors (Lipinski definition) is 7. The summed E-state index contributed by atoms with van der Waals surface area (Å²) in [5.41, 5.74) is 3.69. The number of anilines is 2. The van der Waals surface area contributed by atoms with E-state index in [2.05, 4.69) is 32.1 Å². The van der Waals surface area contributed by atoms with Gasteiger partial charge in [-0.2, -0.15) is 0 Å². The molecule has 0 spiro atoms. The van der Waals surface area contributed by atoms with Crippen molar-refractivity contribution in [2.24, 2.45) is 5.84 Å². The van der Waals surface area contributed by atoms with Crippen molar-refractivity contribution in [2.75, 3.05) is 37.5 Å². The average Bonchev–Trinajstić information content (AvgIpc) is 2.79. The van der Waals surface area contributed by atoms with E-state index in [4.69, 9.17) is 5.84 Å². The first-order chi connectivity index (χ1) is 10.1. The lowest BCUT2D eigenvalue weighted by Gasteiger charge is -2.29. The summed E-state index contributed by atoms with van der Waals surface area (Å²) >= 11 is 0. The van der Waals surface area contributed by atoms with Gasteiger partial charge in [-0.05, 0) is 26.9 Å². The van der Waals surface area contributed by atoms with E-state index in [9.17, 15) is 5.11 Å². The van der Waals surface area contributed by atoms with Gasteiger partial charge >= 0.3 is 0 Å². The summed E-state index contributed by atoms with van der Waals surface area (Å²) in [6.45, 7) is 3.61. The summed E-state index contributed by atoms with van der Waals surface area (Å²) in [6.07, 6.45) is 3.83. The number of β-amino-alcohol motifs (C(OH)–C–C–N with tert-alkyl or cyclic N) is 1. The maximum Gasteiger partial charge on any atom is 0.148 e.